The Morgan fingerprint density at radius 1 is 1.29 bits per heavy atom. The Morgan fingerprint density at radius 2 is 2.10 bits per heavy atom. The van der Waals surface area contributed by atoms with E-state index in [9.17, 15) is 5.11 Å². The summed E-state index contributed by atoms with van der Waals surface area (Å²) < 4.78 is 6.22. The highest BCUT2D eigenvalue weighted by atomic mass is 79.9. The van der Waals surface area contributed by atoms with Crippen molar-refractivity contribution in [1.29, 1.82) is 0 Å². The number of benzene rings is 1. The number of halogens is 1. The largest absolute Gasteiger partial charge is 0.503 e. The van der Waals surface area contributed by atoms with E-state index in [2.05, 4.69) is 27.8 Å². The normalized spacial score (nSPS) is 20.2. The molecule has 1 heterocycles. The Bertz CT molecular complexity index is 464. The van der Waals surface area contributed by atoms with Crippen molar-refractivity contribution >= 4 is 15.9 Å². The molecule has 1 aliphatic rings. The summed E-state index contributed by atoms with van der Waals surface area (Å²) in [5.74, 6) is 1.66. The summed E-state index contributed by atoms with van der Waals surface area (Å²) in [5, 5.41) is 9.99. The highest BCUT2D eigenvalue weighted by molar-refractivity contribution is 9.10. The quantitative estimate of drug-likeness (QED) is 0.839. The number of hydrogen-bond acceptors (Lipinski definition) is 3. The number of phenols is 1. The molecule has 0 radical (unpaired) electrons. The van der Waals surface area contributed by atoms with Crippen molar-refractivity contribution in [2.75, 3.05) is 19.7 Å². The van der Waals surface area contributed by atoms with E-state index in [0.29, 0.717) is 16.8 Å². The summed E-state index contributed by atoms with van der Waals surface area (Å²) >= 11 is 3.42. The van der Waals surface area contributed by atoms with Crippen LogP contribution in [0.3, 0.4) is 0 Å². The van der Waals surface area contributed by atoms with Crippen molar-refractivity contribution in [3.8, 4) is 11.5 Å². The number of hydrogen-bond donors (Lipinski definition) is 1. The number of ether oxygens (including phenoxy) is 1. The van der Waals surface area contributed by atoms with Gasteiger partial charge in [-0.2, -0.15) is 0 Å². The molecule has 4 heteroatoms. The Hall–Kier alpha value is -0.740. The van der Waals surface area contributed by atoms with Gasteiger partial charge in [0, 0.05) is 6.54 Å². The molecule has 1 aromatic rings. The van der Waals surface area contributed by atoms with Crippen LogP contribution in [0.25, 0.3) is 0 Å². The number of rotatable bonds is 5. The van der Waals surface area contributed by atoms with E-state index in [4.69, 9.17) is 4.74 Å². The second-order valence-electron chi connectivity index (χ2n) is 5.84. The van der Waals surface area contributed by atoms with Gasteiger partial charge >= 0.3 is 0 Å². The van der Waals surface area contributed by atoms with Gasteiger partial charge in [-0.3, -0.25) is 4.90 Å². The van der Waals surface area contributed by atoms with Crippen LogP contribution < -0.4 is 4.74 Å². The molecule has 1 aliphatic heterocycles. The minimum Gasteiger partial charge on any atom is -0.503 e. The van der Waals surface area contributed by atoms with Crippen molar-refractivity contribution in [3.05, 3.63) is 22.2 Å². The summed E-state index contributed by atoms with van der Waals surface area (Å²) in [6.07, 6.45) is 5.24. The topological polar surface area (TPSA) is 32.7 Å². The van der Waals surface area contributed by atoms with Crippen LogP contribution in [0.15, 0.2) is 16.6 Å². The maximum atomic E-state index is 9.99. The maximum Gasteiger partial charge on any atom is 0.172 e. The molecule has 1 unspecified atom stereocenters. The first-order valence-corrected chi connectivity index (χ1v) is 8.79. The fraction of sp³-hybridized carbons (Fsp3) is 0.647. The van der Waals surface area contributed by atoms with Gasteiger partial charge in [-0.25, -0.2) is 0 Å². The molecule has 1 fully saturated rings. The summed E-state index contributed by atoms with van der Waals surface area (Å²) in [6.45, 7) is 8.05. The molecule has 0 saturated carbocycles. The number of likely N-dealkylation sites (tertiary alicyclic amines) is 1. The number of nitrogens with zero attached hydrogens (tertiary/aromatic N) is 1. The molecule has 1 N–H and O–H groups in total. The van der Waals surface area contributed by atoms with E-state index in [1.165, 1.54) is 44.3 Å². The lowest BCUT2D eigenvalue weighted by molar-refractivity contribution is 0.270. The second kappa shape index (κ2) is 8.04. The molecule has 0 aliphatic carbocycles. The minimum absolute atomic E-state index is 0.197. The SMILES string of the molecule is CCOc1cc(CN2CCCC(CC)CC2)cc(Br)c1O. The zero-order valence-corrected chi connectivity index (χ0v) is 14.7. The van der Waals surface area contributed by atoms with Crippen LogP contribution in [-0.4, -0.2) is 29.7 Å². The summed E-state index contributed by atoms with van der Waals surface area (Å²) in [7, 11) is 0. The first-order chi connectivity index (χ1) is 10.1. The van der Waals surface area contributed by atoms with Crippen molar-refractivity contribution < 1.29 is 9.84 Å². The summed E-state index contributed by atoms with van der Waals surface area (Å²) in [4.78, 5) is 2.52. The second-order valence-corrected chi connectivity index (χ2v) is 6.69. The molecule has 3 nitrogen and oxygen atoms in total. The van der Waals surface area contributed by atoms with Crippen molar-refractivity contribution in [3.63, 3.8) is 0 Å². The average molecular weight is 356 g/mol. The zero-order valence-electron chi connectivity index (χ0n) is 13.1. The van der Waals surface area contributed by atoms with Crippen LogP contribution >= 0.6 is 15.9 Å². The van der Waals surface area contributed by atoms with Gasteiger partial charge in [-0.15, -0.1) is 0 Å². The first-order valence-electron chi connectivity index (χ1n) is 8.00. The fourth-order valence-corrected chi connectivity index (χ4v) is 3.52. The van der Waals surface area contributed by atoms with E-state index >= 15 is 0 Å². The van der Waals surface area contributed by atoms with Crippen LogP contribution in [0.1, 0.15) is 45.1 Å². The molecular formula is C17H26BrNO2. The lowest BCUT2D eigenvalue weighted by atomic mass is 9.98. The molecule has 118 valence electrons. The lowest BCUT2D eigenvalue weighted by Gasteiger charge is -2.21. The summed E-state index contributed by atoms with van der Waals surface area (Å²) in [5.41, 5.74) is 1.19. The smallest absolute Gasteiger partial charge is 0.172 e. The predicted molar refractivity (Wildman–Crippen MR) is 89.9 cm³/mol. The van der Waals surface area contributed by atoms with E-state index in [-0.39, 0.29) is 5.75 Å². The van der Waals surface area contributed by atoms with Gasteiger partial charge in [-0.05, 0) is 78.8 Å². The first kappa shape index (κ1) is 16.6. The molecule has 2 rings (SSSR count). The van der Waals surface area contributed by atoms with Crippen LogP contribution in [0.4, 0.5) is 0 Å². The Morgan fingerprint density at radius 3 is 2.81 bits per heavy atom. The van der Waals surface area contributed by atoms with E-state index in [0.717, 1.165) is 12.5 Å². The fourth-order valence-electron chi connectivity index (χ4n) is 3.03. The minimum atomic E-state index is 0.197. The van der Waals surface area contributed by atoms with Crippen LogP contribution in [0, 0.1) is 5.92 Å². The van der Waals surface area contributed by atoms with E-state index in [1.54, 1.807) is 0 Å². The maximum absolute atomic E-state index is 9.99. The van der Waals surface area contributed by atoms with Crippen LogP contribution in [-0.2, 0) is 6.54 Å². The van der Waals surface area contributed by atoms with Gasteiger partial charge in [0.15, 0.2) is 11.5 Å². The Kier molecular flexibility index (Phi) is 6.37. The predicted octanol–water partition coefficient (Wildman–Crippen LogP) is 4.57. The molecule has 1 atom stereocenters. The van der Waals surface area contributed by atoms with Gasteiger partial charge in [0.05, 0.1) is 11.1 Å². The monoisotopic (exact) mass is 355 g/mol. The van der Waals surface area contributed by atoms with Crippen LogP contribution in [0.5, 0.6) is 11.5 Å². The molecule has 0 bridgehead atoms. The van der Waals surface area contributed by atoms with Crippen LogP contribution in [0.2, 0.25) is 0 Å². The molecule has 1 aromatic carbocycles. The van der Waals surface area contributed by atoms with Gasteiger partial charge in [-0.1, -0.05) is 13.3 Å². The molecular weight excluding hydrogens is 330 g/mol. The van der Waals surface area contributed by atoms with Crippen molar-refractivity contribution in [1.82, 2.24) is 4.90 Å². The van der Waals surface area contributed by atoms with E-state index < -0.39 is 0 Å². The standard InChI is InChI=1S/C17H26BrNO2/c1-3-13-6-5-8-19(9-7-13)12-14-10-15(18)17(20)16(11-14)21-4-2/h10-11,13,20H,3-9,12H2,1-2H3. The van der Waals surface area contributed by atoms with Gasteiger partial charge < -0.3 is 9.84 Å². The number of phenolic OH excluding ortho intramolecular Hbond substituents is 1. The van der Waals surface area contributed by atoms with Gasteiger partial charge in [0.1, 0.15) is 0 Å². The highest BCUT2D eigenvalue weighted by Crippen LogP contribution is 2.36. The third kappa shape index (κ3) is 4.62. The van der Waals surface area contributed by atoms with Gasteiger partial charge in [0.2, 0.25) is 0 Å². The molecule has 0 aromatic heterocycles. The van der Waals surface area contributed by atoms with Gasteiger partial charge in [0.25, 0.3) is 0 Å². The lowest BCUT2D eigenvalue weighted by Crippen LogP contribution is -2.24. The van der Waals surface area contributed by atoms with Crippen molar-refractivity contribution in [2.45, 2.75) is 46.1 Å². The third-order valence-corrected chi connectivity index (χ3v) is 4.92. The number of aromatic hydroxyl groups is 1. The average Bonchev–Trinajstić information content (AvgIpc) is 2.69. The van der Waals surface area contributed by atoms with Crippen molar-refractivity contribution in [2.24, 2.45) is 5.92 Å². The third-order valence-electron chi connectivity index (χ3n) is 4.31. The zero-order chi connectivity index (χ0) is 15.2. The molecule has 1 saturated heterocycles. The summed E-state index contributed by atoms with van der Waals surface area (Å²) in [6, 6.07) is 3.96. The molecule has 0 spiro atoms. The Labute approximate surface area is 136 Å². The molecule has 0 amide bonds. The highest BCUT2D eigenvalue weighted by Gasteiger charge is 2.17. The van der Waals surface area contributed by atoms with E-state index in [1.807, 2.05) is 19.1 Å². The molecule has 21 heavy (non-hydrogen) atoms. The Balaban J connectivity index is 2.05.